The van der Waals surface area contributed by atoms with Crippen molar-refractivity contribution in [2.75, 3.05) is 6.61 Å². The molecule has 0 spiro atoms. The van der Waals surface area contributed by atoms with E-state index in [4.69, 9.17) is 19.4 Å². The standard InChI is InChI=1S/C10H16N4O16P4/c15-7-6(27-10(8(7)16)14-4-13-5-1-11-3-12-9(5)14)2-26-32(20,21)29-34(24,25)30-33(22,23)28-31(17,18)19/h1,3-4,6-8,10,15-16H,2H2,(H,20,21)(H,22,23)(H,24,25)(H2,17,18,19)/t6-,7-,8-,10-/m1/s1. The zero-order chi connectivity index (χ0) is 25.5. The predicted octanol–water partition coefficient (Wildman–Crippen LogP) is -1.09. The van der Waals surface area contributed by atoms with E-state index in [0.29, 0.717) is 5.52 Å². The normalized spacial score (nSPS) is 28.9. The van der Waals surface area contributed by atoms with Gasteiger partial charge >= 0.3 is 31.3 Å². The van der Waals surface area contributed by atoms with Crippen molar-refractivity contribution >= 4 is 42.5 Å². The first kappa shape index (κ1) is 27.6. The second kappa shape index (κ2) is 9.80. The molecule has 1 saturated heterocycles. The number of imidazole rings is 1. The quantitative estimate of drug-likeness (QED) is 0.166. The van der Waals surface area contributed by atoms with Gasteiger partial charge in [-0.15, -0.1) is 0 Å². The molecule has 3 rings (SSSR count). The molecule has 0 aliphatic carbocycles. The van der Waals surface area contributed by atoms with Gasteiger partial charge in [-0.2, -0.15) is 12.9 Å². The van der Waals surface area contributed by atoms with Crippen LogP contribution >= 0.6 is 31.3 Å². The number of aromatic nitrogens is 4. The van der Waals surface area contributed by atoms with Gasteiger partial charge in [0.1, 0.15) is 30.2 Å². The van der Waals surface area contributed by atoms with Gasteiger partial charge in [-0.3, -0.25) is 9.09 Å². The van der Waals surface area contributed by atoms with Crippen molar-refractivity contribution in [2.24, 2.45) is 0 Å². The van der Waals surface area contributed by atoms with E-state index in [-0.39, 0.29) is 5.65 Å². The summed E-state index contributed by atoms with van der Waals surface area (Å²) < 4.78 is 67.0. The molecular formula is C10H16N4O16P4. The zero-order valence-electron chi connectivity index (χ0n) is 16.1. The highest BCUT2D eigenvalue weighted by atomic mass is 31.3. The number of ether oxygens (including phenoxy) is 1. The lowest BCUT2D eigenvalue weighted by Gasteiger charge is -2.20. The summed E-state index contributed by atoms with van der Waals surface area (Å²) in [4.78, 5) is 56.5. The molecule has 0 radical (unpaired) electrons. The first-order valence-electron chi connectivity index (χ1n) is 8.45. The maximum atomic E-state index is 11.9. The summed E-state index contributed by atoms with van der Waals surface area (Å²) in [6.45, 7) is -1.03. The Hall–Kier alpha value is -1.01. The third kappa shape index (κ3) is 7.02. The topological polar surface area (TPSA) is 300 Å². The number of hydrogen-bond donors (Lipinski definition) is 7. The molecule has 34 heavy (non-hydrogen) atoms. The number of phosphoric acid groups is 4. The first-order chi connectivity index (χ1) is 15.5. The molecule has 1 aliphatic heterocycles. The Bertz CT molecular complexity index is 1230. The Balaban J connectivity index is 1.63. The molecule has 2 aromatic rings. The first-order valence-corrected chi connectivity index (χ1v) is 14.5. The van der Waals surface area contributed by atoms with Crippen LogP contribution in [0.5, 0.6) is 0 Å². The van der Waals surface area contributed by atoms with Crippen LogP contribution in [-0.4, -0.2) is 79.1 Å². The van der Waals surface area contributed by atoms with Crippen molar-refractivity contribution in [1.82, 2.24) is 19.5 Å². The smallest absolute Gasteiger partial charge is 0.387 e. The van der Waals surface area contributed by atoms with Crippen LogP contribution in [0.3, 0.4) is 0 Å². The monoisotopic (exact) mass is 572 g/mol. The lowest BCUT2D eigenvalue weighted by atomic mass is 10.1. The van der Waals surface area contributed by atoms with Crippen LogP contribution in [0.25, 0.3) is 11.2 Å². The van der Waals surface area contributed by atoms with Crippen LogP contribution in [0.1, 0.15) is 6.23 Å². The molecule has 0 aromatic carbocycles. The van der Waals surface area contributed by atoms with Crippen LogP contribution in [0.2, 0.25) is 0 Å². The lowest BCUT2D eigenvalue weighted by Crippen LogP contribution is -2.33. The molecule has 192 valence electrons. The Morgan fingerprint density at radius 2 is 1.53 bits per heavy atom. The number of fused-ring (bicyclic) bond motifs is 1. The zero-order valence-corrected chi connectivity index (χ0v) is 19.7. The SMILES string of the molecule is O=P(O)(O)OP(=O)(O)OP(=O)(O)OP(=O)(O)OC[C@H]1O[C@@H](n2cnc3cncnc32)[C@H](O)[C@@H]1O. The summed E-state index contributed by atoms with van der Waals surface area (Å²) in [6.07, 6.45) is -2.36. The summed E-state index contributed by atoms with van der Waals surface area (Å²) in [5.41, 5.74) is 0.539. The highest BCUT2D eigenvalue weighted by molar-refractivity contribution is 7.69. The molecule has 7 atom stereocenters. The van der Waals surface area contributed by atoms with Crippen LogP contribution in [0, 0.1) is 0 Å². The van der Waals surface area contributed by atoms with Crippen LogP contribution in [-0.2, 0) is 40.5 Å². The average molecular weight is 572 g/mol. The van der Waals surface area contributed by atoms with Crippen LogP contribution < -0.4 is 0 Å². The number of nitrogens with zero attached hydrogens (tertiary/aromatic N) is 4. The fourth-order valence-electron chi connectivity index (χ4n) is 2.68. The van der Waals surface area contributed by atoms with Crippen molar-refractivity contribution < 1.29 is 75.1 Å². The summed E-state index contributed by atoms with van der Waals surface area (Å²) >= 11 is 0. The number of phosphoric ester groups is 1. The molecule has 3 heterocycles. The highest BCUT2D eigenvalue weighted by Gasteiger charge is 2.48. The third-order valence-electron chi connectivity index (χ3n) is 3.87. The molecule has 1 fully saturated rings. The van der Waals surface area contributed by atoms with E-state index < -0.39 is 62.4 Å². The summed E-state index contributed by atoms with van der Waals surface area (Å²) in [7, 11) is -23.2. The van der Waals surface area contributed by atoms with Crippen molar-refractivity contribution in [2.45, 2.75) is 24.5 Å². The number of hydrogen-bond acceptors (Lipinski definition) is 14. The maximum absolute atomic E-state index is 11.9. The van der Waals surface area contributed by atoms with Gasteiger partial charge in [-0.1, -0.05) is 0 Å². The number of aliphatic hydroxyl groups is 2. The Labute approximate surface area is 187 Å². The molecule has 1 aliphatic rings. The third-order valence-corrected chi connectivity index (χ3v) is 9.33. The molecule has 3 unspecified atom stereocenters. The number of rotatable bonds is 10. The molecule has 0 bridgehead atoms. The average Bonchev–Trinajstić information content (AvgIpc) is 3.18. The molecular weight excluding hydrogens is 556 g/mol. The minimum atomic E-state index is -5.99. The molecule has 24 heteroatoms. The Morgan fingerprint density at radius 3 is 2.18 bits per heavy atom. The van der Waals surface area contributed by atoms with E-state index in [1.807, 2.05) is 0 Å². The van der Waals surface area contributed by atoms with E-state index in [1.54, 1.807) is 0 Å². The van der Waals surface area contributed by atoms with Crippen molar-refractivity contribution in [3.05, 3.63) is 18.9 Å². The van der Waals surface area contributed by atoms with Gasteiger partial charge in [0.15, 0.2) is 11.9 Å². The predicted molar refractivity (Wildman–Crippen MR) is 102 cm³/mol. The Morgan fingerprint density at radius 1 is 0.912 bits per heavy atom. The van der Waals surface area contributed by atoms with Gasteiger partial charge < -0.3 is 39.4 Å². The molecule has 2 aromatic heterocycles. The Kier molecular flexibility index (Phi) is 7.95. The minimum Gasteiger partial charge on any atom is -0.387 e. The molecule has 7 N–H and O–H groups in total. The van der Waals surface area contributed by atoms with Crippen molar-refractivity contribution in [1.29, 1.82) is 0 Å². The molecule has 0 saturated carbocycles. The van der Waals surface area contributed by atoms with Gasteiger partial charge in [-0.25, -0.2) is 33.2 Å². The highest BCUT2D eigenvalue weighted by Crippen LogP contribution is 2.70. The summed E-state index contributed by atoms with van der Waals surface area (Å²) in [5, 5.41) is 20.4. The summed E-state index contributed by atoms with van der Waals surface area (Å²) in [5.74, 6) is 0. The summed E-state index contributed by atoms with van der Waals surface area (Å²) in [6, 6.07) is 0. The van der Waals surface area contributed by atoms with Crippen LogP contribution in [0.4, 0.5) is 0 Å². The van der Waals surface area contributed by atoms with E-state index in [0.717, 1.165) is 0 Å². The van der Waals surface area contributed by atoms with Gasteiger partial charge in [0.2, 0.25) is 0 Å². The maximum Gasteiger partial charge on any atom is 0.490 e. The van der Waals surface area contributed by atoms with Gasteiger partial charge in [-0.05, 0) is 0 Å². The fourth-order valence-corrected chi connectivity index (χ4v) is 7.14. The van der Waals surface area contributed by atoms with E-state index in [1.165, 1.54) is 23.4 Å². The van der Waals surface area contributed by atoms with E-state index in [9.17, 15) is 38.3 Å². The number of aliphatic hydroxyl groups excluding tert-OH is 2. The second-order valence-corrected chi connectivity index (χ2v) is 12.4. The lowest BCUT2D eigenvalue weighted by molar-refractivity contribution is -0.0503. The van der Waals surface area contributed by atoms with Gasteiger partial charge in [0.05, 0.1) is 19.1 Å². The minimum absolute atomic E-state index is 0.216. The largest absolute Gasteiger partial charge is 0.490 e. The molecule has 20 nitrogen and oxygen atoms in total. The van der Waals surface area contributed by atoms with Gasteiger partial charge in [0, 0.05) is 0 Å². The van der Waals surface area contributed by atoms with Gasteiger partial charge in [0.25, 0.3) is 0 Å². The van der Waals surface area contributed by atoms with Crippen molar-refractivity contribution in [3.63, 3.8) is 0 Å². The molecule has 0 amide bonds. The second-order valence-electron chi connectivity index (χ2n) is 6.37. The van der Waals surface area contributed by atoms with E-state index >= 15 is 0 Å². The van der Waals surface area contributed by atoms with Crippen molar-refractivity contribution in [3.8, 4) is 0 Å². The van der Waals surface area contributed by atoms with E-state index in [2.05, 4.69) is 32.4 Å². The van der Waals surface area contributed by atoms with Crippen LogP contribution in [0.15, 0.2) is 18.9 Å². The fraction of sp³-hybridized carbons (Fsp3) is 0.500.